The van der Waals surface area contributed by atoms with Crippen LogP contribution in [-0.2, 0) is 6.18 Å². The van der Waals surface area contributed by atoms with Crippen molar-refractivity contribution in [3.8, 4) is 22.5 Å². The van der Waals surface area contributed by atoms with E-state index in [1.54, 1.807) is 12.5 Å². The summed E-state index contributed by atoms with van der Waals surface area (Å²) in [6, 6.07) is 21.5. The van der Waals surface area contributed by atoms with E-state index in [0.717, 1.165) is 76.6 Å². The van der Waals surface area contributed by atoms with Gasteiger partial charge in [-0.15, -0.1) is 0 Å². The van der Waals surface area contributed by atoms with Crippen LogP contribution in [0, 0.1) is 0 Å². The molecule has 5 aromatic rings. The number of rotatable bonds is 6. The minimum Gasteiger partial charge on any atom is -0.345 e. The van der Waals surface area contributed by atoms with Gasteiger partial charge in [0.2, 0.25) is 0 Å². The first kappa shape index (κ1) is 24.9. The smallest absolute Gasteiger partial charge is 0.345 e. The molecule has 1 aliphatic rings. The maximum absolute atomic E-state index is 13.2. The number of H-pyrrole nitrogens is 2. The van der Waals surface area contributed by atoms with Crippen molar-refractivity contribution < 1.29 is 13.2 Å². The lowest BCUT2D eigenvalue weighted by molar-refractivity contribution is -0.137. The van der Waals surface area contributed by atoms with Crippen LogP contribution in [-0.4, -0.2) is 26.5 Å². The van der Waals surface area contributed by atoms with E-state index in [2.05, 4.69) is 25.3 Å². The lowest BCUT2D eigenvalue weighted by Crippen LogP contribution is -2.14. The Labute approximate surface area is 223 Å². The van der Waals surface area contributed by atoms with Gasteiger partial charge in [-0.25, -0.2) is 9.97 Å². The molecule has 1 saturated heterocycles. The third-order valence-electron chi connectivity index (χ3n) is 7.05. The summed E-state index contributed by atoms with van der Waals surface area (Å²) in [5, 5.41) is 3.45. The normalized spacial score (nSPS) is 16.1. The molecular weight excluding hydrogens is 499 g/mol. The van der Waals surface area contributed by atoms with Crippen molar-refractivity contribution in [2.45, 2.75) is 25.1 Å². The highest BCUT2D eigenvalue weighted by molar-refractivity contribution is 5.92. The summed E-state index contributed by atoms with van der Waals surface area (Å²) in [5.41, 5.74) is 6.51. The van der Waals surface area contributed by atoms with Crippen LogP contribution in [0.5, 0.6) is 0 Å². The van der Waals surface area contributed by atoms with Crippen molar-refractivity contribution in [3.05, 3.63) is 120 Å². The summed E-state index contributed by atoms with van der Waals surface area (Å²) in [6.45, 7) is 1.01. The third kappa shape index (κ3) is 5.42. The van der Waals surface area contributed by atoms with E-state index in [1.807, 2.05) is 60.8 Å². The molecule has 0 aliphatic carbocycles. The SMILES string of the molecule is FC(F)(F)c1ccc(/C(=C\c2ccc(-c3cnc(C4CCCN4)[nH]3)cc2)c2ccc(-c3cnc[nH]3)cc2)cc1. The summed E-state index contributed by atoms with van der Waals surface area (Å²) in [7, 11) is 0. The van der Waals surface area contributed by atoms with Gasteiger partial charge in [-0.2, -0.15) is 13.2 Å². The molecule has 8 heteroatoms. The monoisotopic (exact) mass is 525 g/mol. The van der Waals surface area contributed by atoms with E-state index in [9.17, 15) is 13.2 Å². The van der Waals surface area contributed by atoms with Crippen molar-refractivity contribution in [1.29, 1.82) is 0 Å². The van der Waals surface area contributed by atoms with E-state index in [1.165, 1.54) is 12.1 Å². The first-order valence-electron chi connectivity index (χ1n) is 12.8. The second-order valence-corrected chi connectivity index (χ2v) is 9.63. The maximum atomic E-state index is 13.2. The standard InChI is InChI=1S/C31H26F3N5/c32-31(33,34)25-13-11-22(12-14-25)26(21-7-9-23(10-8-21)28-17-35-19-38-28)16-20-3-5-24(6-4-20)29-18-37-30(39-29)27-2-1-15-36-27/h3-14,16-19,27,36H,1-2,15H2,(H,35,38)(H,37,39)/b26-16-. The molecule has 1 unspecified atom stereocenters. The Balaban J connectivity index is 1.32. The molecule has 39 heavy (non-hydrogen) atoms. The van der Waals surface area contributed by atoms with Crippen molar-refractivity contribution in [3.63, 3.8) is 0 Å². The Hall–Kier alpha value is -4.43. The average Bonchev–Trinajstić information content (AvgIpc) is 3.75. The van der Waals surface area contributed by atoms with Crippen LogP contribution in [0.1, 0.15) is 47.0 Å². The Morgan fingerprint density at radius 1 is 0.821 bits per heavy atom. The number of aromatic amines is 2. The van der Waals surface area contributed by atoms with Gasteiger partial charge in [0.15, 0.2) is 0 Å². The molecule has 1 aliphatic heterocycles. The van der Waals surface area contributed by atoms with Gasteiger partial charge in [-0.1, -0.05) is 60.7 Å². The number of halogens is 3. The molecule has 1 fully saturated rings. The molecule has 3 aromatic carbocycles. The minimum atomic E-state index is -4.38. The lowest BCUT2D eigenvalue weighted by atomic mass is 9.93. The van der Waals surface area contributed by atoms with Crippen LogP contribution < -0.4 is 5.32 Å². The highest BCUT2D eigenvalue weighted by Gasteiger charge is 2.30. The number of alkyl halides is 3. The number of hydrogen-bond donors (Lipinski definition) is 3. The van der Waals surface area contributed by atoms with Crippen molar-refractivity contribution >= 4 is 11.6 Å². The molecule has 0 spiro atoms. The van der Waals surface area contributed by atoms with Crippen LogP contribution in [0.25, 0.3) is 34.2 Å². The van der Waals surface area contributed by atoms with Gasteiger partial charge < -0.3 is 15.3 Å². The number of nitrogens with one attached hydrogen (secondary N) is 3. The summed E-state index contributed by atoms with van der Waals surface area (Å²) in [5.74, 6) is 0.953. The van der Waals surface area contributed by atoms with Crippen molar-refractivity contribution in [2.24, 2.45) is 0 Å². The Morgan fingerprint density at radius 2 is 1.49 bits per heavy atom. The molecule has 6 rings (SSSR count). The fourth-order valence-corrected chi connectivity index (χ4v) is 4.92. The first-order chi connectivity index (χ1) is 18.9. The molecule has 3 N–H and O–H groups in total. The van der Waals surface area contributed by atoms with Crippen LogP contribution in [0.2, 0.25) is 0 Å². The quantitative estimate of drug-likeness (QED) is 0.201. The fourth-order valence-electron chi connectivity index (χ4n) is 4.92. The Bertz CT molecular complexity index is 1560. The predicted molar refractivity (Wildman–Crippen MR) is 146 cm³/mol. The Kier molecular flexibility index (Phi) is 6.62. The van der Waals surface area contributed by atoms with Crippen LogP contribution >= 0.6 is 0 Å². The number of imidazole rings is 2. The molecule has 5 nitrogen and oxygen atoms in total. The molecule has 196 valence electrons. The van der Waals surface area contributed by atoms with E-state index in [4.69, 9.17) is 0 Å². The molecule has 0 amide bonds. The van der Waals surface area contributed by atoms with Gasteiger partial charge in [0, 0.05) is 0 Å². The van der Waals surface area contributed by atoms with Crippen LogP contribution in [0.4, 0.5) is 13.2 Å². The van der Waals surface area contributed by atoms with Gasteiger partial charge in [-0.05, 0) is 71.0 Å². The van der Waals surface area contributed by atoms with E-state index >= 15 is 0 Å². The van der Waals surface area contributed by atoms with Crippen LogP contribution in [0.15, 0.2) is 91.5 Å². The largest absolute Gasteiger partial charge is 0.416 e. The second kappa shape index (κ2) is 10.4. The van der Waals surface area contributed by atoms with E-state index in [0.29, 0.717) is 5.56 Å². The van der Waals surface area contributed by atoms with Gasteiger partial charge in [0.25, 0.3) is 0 Å². The molecule has 1 atom stereocenters. The molecule has 3 heterocycles. The highest BCUT2D eigenvalue weighted by atomic mass is 19.4. The first-order valence-corrected chi connectivity index (χ1v) is 12.8. The maximum Gasteiger partial charge on any atom is 0.416 e. The zero-order valence-electron chi connectivity index (χ0n) is 21.0. The predicted octanol–water partition coefficient (Wildman–Crippen LogP) is 7.50. The van der Waals surface area contributed by atoms with E-state index in [-0.39, 0.29) is 6.04 Å². The Morgan fingerprint density at radius 3 is 2.10 bits per heavy atom. The number of benzene rings is 3. The zero-order chi connectivity index (χ0) is 26.8. The number of nitrogens with zero attached hydrogens (tertiary/aromatic N) is 2. The summed E-state index contributed by atoms with van der Waals surface area (Å²) < 4.78 is 39.6. The van der Waals surface area contributed by atoms with E-state index < -0.39 is 11.7 Å². The highest BCUT2D eigenvalue weighted by Crippen LogP contribution is 2.33. The fraction of sp³-hybridized carbons (Fsp3) is 0.161. The average molecular weight is 526 g/mol. The molecule has 0 radical (unpaired) electrons. The van der Waals surface area contributed by atoms with Gasteiger partial charge >= 0.3 is 6.18 Å². The summed E-state index contributed by atoms with van der Waals surface area (Å²) in [4.78, 5) is 15.1. The number of hydrogen-bond acceptors (Lipinski definition) is 3. The van der Waals surface area contributed by atoms with Crippen molar-refractivity contribution in [2.75, 3.05) is 6.54 Å². The van der Waals surface area contributed by atoms with Gasteiger partial charge in [0.1, 0.15) is 5.82 Å². The molecule has 2 aromatic heterocycles. The molecular formula is C31H26F3N5. The number of aromatic nitrogens is 4. The molecule has 0 bridgehead atoms. The van der Waals surface area contributed by atoms with Gasteiger partial charge in [-0.3, -0.25) is 0 Å². The topological polar surface area (TPSA) is 69.4 Å². The van der Waals surface area contributed by atoms with Gasteiger partial charge in [0.05, 0.1) is 41.7 Å². The molecule has 0 saturated carbocycles. The third-order valence-corrected chi connectivity index (χ3v) is 7.05. The second-order valence-electron chi connectivity index (χ2n) is 9.63. The minimum absolute atomic E-state index is 0.270. The van der Waals surface area contributed by atoms with Crippen LogP contribution in [0.3, 0.4) is 0 Å². The van der Waals surface area contributed by atoms with Crippen molar-refractivity contribution in [1.82, 2.24) is 25.3 Å². The summed E-state index contributed by atoms with van der Waals surface area (Å²) >= 11 is 0. The summed E-state index contributed by atoms with van der Waals surface area (Å²) in [6.07, 6.45) is 5.06. The zero-order valence-corrected chi connectivity index (χ0v) is 21.0. The lowest BCUT2D eigenvalue weighted by Gasteiger charge is -2.12.